The molecular weight excluding hydrogens is 318 g/mol. The van der Waals surface area contributed by atoms with Crippen molar-refractivity contribution in [3.8, 4) is 0 Å². The predicted octanol–water partition coefficient (Wildman–Crippen LogP) is 0.745. The molecule has 0 saturated heterocycles. The summed E-state index contributed by atoms with van der Waals surface area (Å²) in [6.45, 7) is 0.151. The number of nitrogen functional groups attached to an aromatic ring is 1. The number of aromatic carboxylic acids is 1. The second-order valence-corrected chi connectivity index (χ2v) is 4.84. The van der Waals surface area contributed by atoms with Crippen LogP contribution in [0.1, 0.15) is 16.1 Å². The van der Waals surface area contributed by atoms with Crippen molar-refractivity contribution in [2.45, 2.75) is 6.54 Å². The predicted molar refractivity (Wildman–Crippen MR) is 83.1 cm³/mol. The molecule has 0 aliphatic rings. The average Bonchev–Trinajstić information content (AvgIpc) is 2.52. The largest absolute Gasteiger partial charge is 0.478 e. The van der Waals surface area contributed by atoms with Gasteiger partial charge >= 0.3 is 5.97 Å². The zero-order chi connectivity index (χ0) is 17.3. The number of nitrogens with one attached hydrogen (secondary N) is 2. The van der Waals surface area contributed by atoms with E-state index in [4.69, 9.17) is 10.8 Å². The lowest BCUT2D eigenvalue weighted by Crippen LogP contribution is -2.15. The number of aromatic amines is 1. The fourth-order valence-corrected chi connectivity index (χ4v) is 2.05. The first-order chi connectivity index (χ1) is 11.4. The number of nitrogens with two attached hydrogens (primary N) is 1. The Morgan fingerprint density at radius 1 is 1.38 bits per heavy atom. The molecular formula is C14H11FN6O3. The molecule has 0 spiro atoms. The first kappa shape index (κ1) is 15.3. The van der Waals surface area contributed by atoms with Crippen LogP contribution in [0.2, 0.25) is 0 Å². The molecule has 0 unspecified atom stereocenters. The molecule has 0 saturated carbocycles. The fourth-order valence-electron chi connectivity index (χ4n) is 2.05. The van der Waals surface area contributed by atoms with Gasteiger partial charge in [0.05, 0.1) is 24.0 Å². The van der Waals surface area contributed by atoms with Gasteiger partial charge in [-0.25, -0.2) is 19.2 Å². The molecule has 0 fully saturated rings. The van der Waals surface area contributed by atoms with Crippen LogP contribution in [0.3, 0.4) is 0 Å². The second kappa shape index (κ2) is 5.91. The number of nitrogens with zero attached hydrogens (tertiary/aromatic N) is 3. The third-order valence-corrected chi connectivity index (χ3v) is 3.16. The van der Waals surface area contributed by atoms with E-state index >= 15 is 0 Å². The van der Waals surface area contributed by atoms with E-state index in [1.54, 1.807) is 0 Å². The minimum Gasteiger partial charge on any atom is -0.478 e. The van der Waals surface area contributed by atoms with E-state index < -0.39 is 22.9 Å². The summed E-state index contributed by atoms with van der Waals surface area (Å²) in [7, 11) is 0. The summed E-state index contributed by atoms with van der Waals surface area (Å²) >= 11 is 0. The minimum absolute atomic E-state index is 0.0379. The minimum atomic E-state index is -1.34. The highest BCUT2D eigenvalue weighted by molar-refractivity contribution is 5.88. The molecule has 0 amide bonds. The van der Waals surface area contributed by atoms with E-state index in [2.05, 4.69) is 25.3 Å². The number of hydrogen-bond donors (Lipinski definition) is 4. The molecule has 3 rings (SSSR count). The standard InChI is InChI=1S/C14H11FN6O3/c15-9-3-6(1-2-8(9)13(23)24)17-4-7-5-18-11-10(19-7)12(22)21-14(16)20-11/h1-3,5,17H,4H2,(H,23,24)(H3,16,18,20,21,22)/i15-1. The molecule has 0 aliphatic carbocycles. The molecule has 122 valence electrons. The Bertz CT molecular complexity index is 1000. The van der Waals surface area contributed by atoms with Crippen LogP contribution in [0.15, 0.2) is 29.2 Å². The summed E-state index contributed by atoms with van der Waals surface area (Å²) in [5, 5.41) is 11.7. The topological polar surface area (TPSA) is 147 Å². The highest BCUT2D eigenvalue weighted by Crippen LogP contribution is 2.15. The van der Waals surface area contributed by atoms with Crippen LogP contribution in [-0.2, 0) is 6.54 Å². The Kier molecular flexibility index (Phi) is 3.78. The number of hydrogen-bond acceptors (Lipinski definition) is 7. The molecule has 0 aliphatic heterocycles. The first-order valence-electron chi connectivity index (χ1n) is 6.72. The average molecular weight is 329 g/mol. The number of halogens is 1. The van der Waals surface area contributed by atoms with Gasteiger partial charge in [0.15, 0.2) is 11.2 Å². The maximum Gasteiger partial charge on any atom is 0.338 e. The summed E-state index contributed by atoms with van der Waals surface area (Å²) in [6.07, 6.45) is 1.41. The number of rotatable bonds is 4. The molecule has 0 bridgehead atoms. The molecule has 10 heteroatoms. The number of anilines is 2. The third kappa shape index (κ3) is 2.97. The van der Waals surface area contributed by atoms with Crippen LogP contribution in [0.5, 0.6) is 0 Å². The number of benzene rings is 1. The van der Waals surface area contributed by atoms with Gasteiger partial charge in [-0.1, -0.05) is 0 Å². The molecule has 0 atom stereocenters. The molecule has 5 N–H and O–H groups in total. The van der Waals surface area contributed by atoms with Crippen LogP contribution in [-0.4, -0.2) is 31.0 Å². The van der Waals surface area contributed by atoms with Crippen molar-refractivity contribution < 1.29 is 14.3 Å². The van der Waals surface area contributed by atoms with E-state index in [0.717, 1.165) is 12.1 Å². The molecule has 3 aromatic rings. The normalized spacial score (nSPS) is 10.7. The van der Waals surface area contributed by atoms with Gasteiger partial charge in [-0.2, -0.15) is 4.98 Å². The molecule has 0 radical (unpaired) electrons. The SMILES string of the molecule is Nc1nc2ncc(CNc3ccc(C(=O)O)c([18F])c3)nc2c(=O)[nH]1. The van der Waals surface area contributed by atoms with Crippen LogP contribution >= 0.6 is 0 Å². The van der Waals surface area contributed by atoms with Crippen molar-refractivity contribution in [1.82, 2.24) is 19.9 Å². The van der Waals surface area contributed by atoms with Crippen molar-refractivity contribution in [3.63, 3.8) is 0 Å². The number of carboxylic acids is 1. The quantitative estimate of drug-likeness (QED) is 0.548. The summed E-state index contributed by atoms with van der Waals surface area (Å²) in [6, 6.07) is 3.65. The van der Waals surface area contributed by atoms with Gasteiger partial charge in [-0.3, -0.25) is 9.78 Å². The first-order valence-corrected chi connectivity index (χ1v) is 6.72. The molecule has 2 aromatic heterocycles. The third-order valence-electron chi connectivity index (χ3n) is 3.16. The van der Waals surface area contributed by atoms with E-state index in [9.17, 15) is 14.0 Å². The van der Waals surface area contributed by atoms with Gasteiger partial charge in [-0.15, -0.1) is 0 Å². The monoisotopic (exact) mass is 329 g/mol. The Labute approximate surface area is 133 Å². The Morgan fingerprint density at radius 2 is 2.17 bits per heavy atom. The van der Waals surface area contributed by atoms with Crippen molar-refractivity contribution in [2.75, 3.05) is 11.1 Å². The van der Waals surface area contributed by atoms with Crippen LogP contribution < -0.4 is 16.6 Å². The molecule has 9 nitrogen and oxygen atoms in total. The summed E-state index contributed by atoms with van der Waals surface area (Å²) in [4.78, 5) is 36.8. The fraction of sp³-hybridized carbons (Fsp3) is 0.0714. The highest BCUT2D eigenvalue weighted by Gasteiger charge is 2.11. The lowest BCUT2D eigenvalue weighted by Gasteiger charge is -2.07. The van der Waals surface area contributed by atoms with Gasteiger partial charge < -0.3 is 16.2 Å². The smallest absolute Gasteiger partial charge is 0.338 e. The van der Waals surface area contributed by atoms with Gasteiger partial charge in [-0.05, 0) is 18.2 Å². The van der Waals surface area contributed by atoms with Crippen LogP contribution in [0.4, 0.5) is 16.0 Å². The number of carbonyl (C=O) groups is 1. The van der Waals surface area contributed by atoms with Gasteiger partial charge in [0.2, 0.25) is 5.95 Å². The maximum absolute atomic E-state index is 13.6. The Hall–Kier alpha value is -3.56. The van der Waals surface area contributed by atoms with E-state index in [1.807, 2.05) is 0 Å². The number of H-pyrrole nitrogens is 1. The summed E-state index contributed by atoms with van der Waals surface area (Å²) in [5.74, 6) is -2.25. The lowest BCUT2D eigenvalue weighted by molar-refractivity contribution is 0.0692. The Morgan fingerprint density at radius 3 is 2.88 bits per heavy atom. The van der Waals surface area contributed by atoms with E-state index in [-0.39, 0.29) is 23.7 Å². The summed E-state index contributed by atoms with van der Waals surface area (Å²) in [5.41, 5.74) is 5.44. The van der Waals surface area contributed by atoms with Crippen molar-refractivity contribution in [2.24, 2.45) is 0 Å². The van der Waals surface area contributed by atoms with Crippen molar-refractivity contribution in [3.05, 3.63) is 51.8 Å². The highest BCUT2D eigenvalue weighted by atomic mass is 18.2. The second-order valence-electron chi connectivity index (χ2n) is 4.84. The van der Waals surface area contributed by atoms with E-state index in [1.165, 1.54) is 12.3 Å². The zero-order valence-electron chi connectivity index (χ0n) is 12.1. The number of fused-ring (bicyclic) bond motifs is 1. The van der Waals surface area contributed by atoms with Crippen LogP contribution in [0.25, 0.3) is 11.2 Å². The summed E-state index contributed by atoms with van der Waals surface area (Å²) < 4.78 is 13.6. The molecule has 2 heterocycles. The van der Waals surface area contributed by atoms with Gasteiger partial charge in [0, 0.05) is 5.69 Å². The maximum atomic E-state index is 13.6. The Balaban J connectivity index is 1.82. The zero-order valence-corrected chi connectivity index (χ0v) is 12.1. The molecule has 1 aromatic carbocycles. The number of aromatic nitrogens is 4. The molecule has 24 heavy (non-hydrogen) atoms. The number of carboxylic acid groups (broad SMARTS) is 1. The van der Waals surface area contributed by atoms with Crippen LogP contribution in [0, 0.1) is 5.82 Å². The van der Waals surface area contributed by atoms with Gasteiger partial charge in [0.1, 0.15) is 5.82 Å². The van der Waals surface area contributed by atoms with Crippen molar-refractivity contribution >= 4 is 28.8 Å². The van der Waals surface area contributed by atoms with Crippen molar-refractivity contribution in [1.29, 1.82) is 0 Å². The lowest BCUT2D eigenvalue weighted by atomic mass is 10.2. The van der Waals surface area contributed by atoms with Gasteiger partial charge in [0.25, 0.3) is 5.56 Å². The van der Waals surface area contributed by atoms with E-state index in [0.29, 0.717) is 11.4 Å².